The van der Waals surface area contributed by atoms with Gasteiger partial charge in [0.05, 0.1) is 19.1 Å². The van der Waals surface area contributed by atoms with Gasteiger partial charge in [-0.1, -0.05) is 0 Å². The molecule has 0 spiro atoms. The van der Waals surface area contributed by atoms with Gasteiger partial charge in [0.25, 0.3) is 0 Å². The number of hydrogen-bond donors (Lipinski definition) is 0. The summed E-state index contributed by atoms with van der Waals surface area (Å²) in [6, 6.07) is 7.43. The van der Waals surface area contributed by atoms with Crippen molar-refractivity contribution in [2.45, 2.75) is 12.8 Å². The molecule has 1 aromatic carbocycles. The van der Waals surface area contributed by atoms with Crippen molar-refractivity contribution in [3.8, 4) is 16.9 Å². The zero-order valence-corrected chi connectivity index (χ0v) is 9.96. The van der Waals surface area contributed by atoms with Crippen LogP contribution in [0.2, 0.25) is 0 Å². The average molecular weight is 242 g/mol. The van der Waals surface area contributed by atoms with Gasteiger partial charge in [0.15, 0.2) is 0 Å². The summed E-state index contributed by atoms with van der Waals surface area (Å²) in [5.41, 5.74) is 2.52. The van der Waals surface area contributed by atoms with Gasteiger partial charge in [-0.2, -0.15) is 0 Å². The molecule has 3 heteroatoms. The largest absolute Gasteiger partial charge is 0.493 e. The van der Waals surface area contributed by atoms with E-state index in [9.17, 15) is 4.79 Å². The number of furan rings is 1. The van der Waals surface area contributed by atoms with Gasteiger partial charge in [-0.3, -0.25) is 4.79 Å². The number of carbonyl (C=O) groups excluding carboxylic acids is 1. The number of rotatable bonds is 5. The second-order valence-electron chi connectivity index (χ2n) is 4.67. The topological polar surface area (TPSA) is 39.4 Å². The second-order valence-corrected chi connectivity index (χ2v) is 4.67. The standard InChI is InChI=1S/C15H14O3/c16-8-12-5-14(13-3-4-17-10-13)7-15(6-12)18-9-11-1-2-11/h3-8,10-11H,1-2,9H2. The van der Waals surface area contributed by atoms with E-state index in [1.54, 1.807) is 18.6 Å². The third kappa shape index (κ3) is 2.45. The van der Waals surface area contributed by atoms with Crippen molar-refractivity contribution in [2.24, 2.45) is 5.92 Å². The molecule has 3 nitrogen and oxygen atoms in total. The van der Waals surface area contributed by atoms with Gasteiger partial charge in [-0.05, 0) is 48.6 Å². The van der Waals surface area contributed by atoms with Crippen LogP contribution in [0.15, 0.2) is 41.2 Å². The minimum Gasteiger partial charge on any atom is -0.493 e. The summed E-state index contributed by atoms with van der Waals surface area (Å²) in [4.78, 5) is 11.0. The lowest BCUT2D eigenvalue weighted by Crippen LogP contribution is -1.99. The molecule has 0 unspecified atom stereocenters. The van der Waals surface area contributed by atoms with E-state index >= 15 is 0 Å². The molecule has 1 saturated carbocycles. The molecular formula is C15H14O3. The molecule has 1 aromatic heterocycles. The molecule has 3 rings (SSSR count). The minimum absolute atomic E-state index is 0.625. The number of hydrogen-bond acceptors (Lipinski definition) is 3. The fourth-order valence-electron chi connectivity index (χ4n) is 1.87. The van der Waals surface area contributed by atoms with Crippen LogP contribution in [0.5, 0.6) is 5.75 Å². The van der Waals surface area contributed by atoms with Crippen LogP contribution in [0.1, 0.15) is 23.2 Å². The van der Waals surface area contributed by atoms with Gasteiger partial charge in [0.1, 0.15) is 12.0 Å². The van der Waals surface area contributed by atoms with Crippen LogP contribution >= 0.6 is 0 Å². The molecule has 18 heavy (non-hydrogen) atoms. The highest BCUT2D eigenvalue weighted by Crippen LogP contribution is 2.31. The van der Waals surface area contributed by atoms with Crippen molar-refractivity contribution in [1.82, 2.24) is 0 Å². The summed E-state index contributed by atoms with van der Waals surface area (Å²) in [5, 5.41) is 0. The molecule has 0 N–H and O–H groups in total. The fraction of sp³-hybridized carbons (Fsp3) is 0.267. The van der Waals surface area contributed by atoms with E-state index in [0.717, 1.165) is 29.8 Å². The Hall–Kier alpha value is -2.03. The zero-order chi connectivity index (χ0) is 12.4. The maximum atomic E-state index is 11.0. The van der Waals surface area contributed by atoms with Crippen LogP contribution in [-0.2, 0) is 0 Å². The Bertz CT molecular complexity index is 539. The van der Waals surface area contributed by atoms with Gasteiger partial charge in [-0.25, -0.2) is 0 Å². The molecule has 0 saturated heterocycles. The first-order valence-corrected chi connectivity index (χ1v) is 6.11. The Morgan fingerprint density at radius 2 is 2.17 bits per heavy atom. The summed E-state index contributed by atoms with van der Waals surface area (Å²) >= 11 is 0. The van der Waals surface area contributed by atoms with Crippen LogP contribution in [0, 0.1) is 5.92 Å². The maximum absolute atomic E-state index is 11.0. The van der Waals surface area contributed by atoms with E-state index in [1.165, 1.54) is 12.8 Å². The number of ether oxygens (including phenoxy) is 1. The highest BCUT2D eigenvalue weighted by atomic mass is 16.5. The molecule has 1 aliphatic rings. The van der Waals surface area contributed by atoms with Crippen molar-refractivity contribution in [2.75, 3.05) is 6.61 Å². The average Bonchev–Trinajstić information content (AvgIpc) is 3.07. The first-order valence-electron chi connectivity index (χ1n) is 6.11. The number of carbonyl (C=O) groups is 1. The third-order valence-electron chi connectivity index (χ3n) is 3.10. The predicted molar refractivity (Wildman–Crippen MR) is 67.8 cm³/mol. The minimum atomic E-state index is 0.625. The summed E-state index contributed by atoms with van der Waals surface area (Å²) in [6.45, 7) is 0.743. The quantitative estimate of drug-likeness (QED) is 0.753. The van der Waals surface area contributed by atoms with Crippen molar-refractivity contribution in [3.63, 3.8) is 0 Å². The van der Waals surface area contributed by atoms with Gasteiger partial charge < -0.3 is 9.15 Å². The SMILES string of the molecule is O=Cc1cc(OCC2CC2)cc(-c2ccoc2)c1. The molecular weight excluding hydrogens is 228 g/mol. The molecule has 1 heterocycles. The molecule has 92 valence electrons. The molecule has 0 bridgehead atoms. The van der Waals surface area contributed by atoms with Crippen molar-refractivity contribution >= 4 is 6.29 Å². The van der Waals surface area contributed by atoms with Crippen LogP contribution in [0.4, 0.5) is 0 Å². The highest BCUT2D eigenvalue weighted by molar-refractivity contribution is 5.80. The van der Waals surface area contributed by atoms with Crippen molar-refractivity contribution in [3.05, 3.63) is 42.4 Å². The zero-order valence-electron chi connectivity index (χ0n) is 9.96. The summed E-state index contributed by atoms with van der Waals surface area (Å²) in [5.74, 6) is 1.45. The summed E-state index contributed by atoms with van der Waals surface area (Å²) in [7, 11) is 0. The Morgan fingerprint density at radius 3 is 2.83 bits per heavy atom. The van der Waals surface area contributed by atoms with Crippen molar-refractivity contribution < 1.29 is 13.9 Å². The lowest BCUT2D eigenvalue weighted by atomic mass is 10.1. The molecule has 0 atom stereocenters. The Labute approximate surface area is 105 Å². The Balaban J connectivity index is 1.88. The van der Waals surface area contributed by atoms with E-state index in [-0.39, 0.29) is 0 Å². The van der Waals surface area contributed by atoms with Gasteiger partial charge in [0, 0.05) is 11.1 Å². The molecule has 1 fully saturated rings. The molecule has 0 radical (unpaired) electrons. The van der Waals surface area contributed by atoms with Crippen LogP contribution in [0.25, 0.3) is 11.1 Å². The molecule has 0 amide bonds. The molecule has 1 aliphatic carbocycles. The predicted octanol–water partition coefficient (Wildman–Crippen LogP) is 3.55. The van der Waals surface area contributed by atoms with Crippen LogP contribution < -0.4 is 4.74 Å². The lowest BCUT2D eigenvalue weighted by Gasteiger charge is -2.08. The van der Waals surface area contributed by atoms with Crippen molar-refractivity contribution in [1.29, 1.82) is 0 Å². The van der Waals surface area contributed by atoms with Crippen LogP contribution in [0.3, 0.4) is 0 Å². The second kappa shape index (κ2) is 4.69. The van der Waals surface area contributed by atoms with E-state index in [1.807, 2.05) is 18.2 Å². The fourth-order valence-corrected chi connectivity index (χ4v) is 1.87. The highest BCUT2D eigenvalue weighted by Gasteiger charge is 2.22. The van der Waals surface area contributed by atoms with E-state index in [4.69, 9.17) is 9.15 Å². The maximum Gasteiger partial charge on any atom is 0.150 e. The Morgan fingerprint density at radius 1 is 1.28 bits per heavy atom. The number of aldehydes is 1. The normalized spacial score (nSPS) is 14.4. The Kier molecular flexibility index (Phi) is 2.89. The molecule has 2 aromatic rings. The van der Waals surface area contributed by atoms with Crippen LogP contribution in [-0.4, -0.2) is 12.9 Å². The van der Waals surface area contributed by atoms with E-state index in [2.05, 4.69) is 0 Å². The van der Waals surface area contributed by atoms with E-state index < -0.39 is 0 Å². The van der Waals surface area contributed by atoms with Gasteiger partial charge in [0.2, 0.25) is 0 Å². The monoisotopic (exact) mass is 242 g/mol. The first kappa shape index (κ1) is 11.1. The first-order chi connectivity index (χ1) is 8.85. The number of benzene rings is 1. The van der Waals surface area contributed by atoms with Gasteiger partial charge >= 0.3 is 0 Å². The van der Waals surface area contributed by atoms with Gasteiger partial charge in [-0.15, -0.1) is 0 Å². The molecule has 0 aliphatic heterocycles. The summed E-state index contributed by atoms with van der Waals surface area (Å²) in [6.07, 6.45) is 6.62. The summed E-state index contributed by atoms with van der Waals surface area (Å²) < 4.78 is 10.8. The smallest absolute Gasteiger partial charge is 0.150 e. The van der Waals surface area contributed by atoms with E-state index in [0.29, 0.717) is 11.5 Å². The lowest BCUT2D eigenvalue weighted by molar-refractivity contribution is 0.112. The third-order valence-corrected chi connectivity index (χ3v) is 3.10.